The zero-order chi connectivity index (χ0) is 14.9. The lowest BCUT2D eigenvalue weighted by Crippen LogP contribution is -2.28. The van der Waals surface area contributed by atoms with Crippen LogP contribution in [0.1, 0.15) is 39.2 Å². The number of halogens is 3. The lowest BCUT2D eigenvalue weighted by Gasteiger charge is -2.10. The number of amides is 1. The molecular formula is C10H9F3N4O2S. The molecule has 1 N–H and O–H groups in total. The van der Waals surface area contributed by atoms with E-state index in [4.69, 9.17) is 4.42 Å². The summed E-state index contributed by atoms with van der Waals surface area (Å²) in [4.78, 5) is 14.8. The van der Waals surface area contributed by atoms with Crippen molar-refractivity contribution in [2.75, 3.05) is 0 Å². The molecule has 0 saturated carbocycles. The quantitative estimate of drug-likeness (QED) is 0.941. The van der Waals surface area contributed by atoms with Gasteiger partial charge in [0, 0.05) is 0 Å². The third-order valence-corrected chi connectivity index (χ3v) is 3.27. The van der Waals surface area contributed by atoms with Gasteiger partial charge in [-0.1, -0.05) is 0 Å². The van der Waals surface area contributed by atoms with Gasteiger partial charge >= 0.3 is 6.18 Å². The highest BCUT2D eigenvalue weighted by Crippen LogP contribution is 2.34. The van der Waals surface area contributed by atoms with Crippen molar-refractivity contribution < 1.29 is 22.4 Å². The van der Waals surface area contributed by atoms with Gasteiger partial charge < -0.3 is 9.73 Å². The van der Waals surface area contributed by atoms with E-state index >= 15 is 0 Å². The molecule has 0 aromatic carbocycles. The van der Waals surface area contributed by atoms with E-state index in [0.717, 1.165) is 6.39 Å². The Morgan fingerprint density at radius 3 is 2.75 bits per heavy atom. The van der Waals surface area contributed by atoms with Crippen LogP contribution in [-0.4, -0.2) is 21.1 Å². The van der Waals surface area contributed by atoms with Gasteiger partial charge in [-0.2, -0.15) is 13.2 Å². The van der Waals surface area contributed by atoms with E-state index in [1.165, 1.54) is 13.8 Å². The van der Waals surface area contributed by atoms with E-state index in [1.807, 2.05) is 0 Å². The van der Waals surface area contributed by atoms with Crippen molar-refractivity contribution in [3.8, 4) is 0 Å². The lowest BCUT2D eigenvalue weighted by molar-refractivity contribution is -0.141. The predicted molar refractivity (Wildman–Crippen MR) is 62.0 cm³/mol. The summed E-state index contributed by atoms with van der Waals surface area (Å²) in [5, 5.41) is 9.52. The number of hydrogen-bond acceptors (Lipinski definition) is 6. The molecule has 2 aromatic rings. The summed E-state index contributed by atoms with van der Waals surface area (Å²) in [6.07, 6.45) is -3.61. The minimum absolute atomic E-state index is 0.105. The lowest BCUT2D eigenvalue weighted by atomic mass is 10.3. The van der Waals surface area contributed by atoms with Crippen LogP contribution in [0.3, 0.4) is 0 Å². The van der Waals surface area contributed by atoms with Gasteiger partial charge in [0.25, 0.3) is 5.91 Å². The zero-order valence-corrected chi connectivity index (χ0v) is 11.2. The SMILES string of the molecule is Cc1nc(C(F)(F)F)c(C(=O)N[C@H](C)c2nnco2)s1. The van der Waals surface area contributed by atoms with Gasteiger partial charge in [-0.15, -0.1) is 21.5 Å². The van der Waals surface area contributed by atoms with Gasteiger partial charge in [-0.25, -0.2) is 4.98 Å². The molecule has 10 heteroatoms. The van der Waals surface area contributed by atoms with Crippen LogP contribution >= 0.6 is 11.3 Å². The Balaban J connectivity index is 2.22. The molecule has 1 amide bonds. The van der Waals surface area contributed by atoms with E-state index in [0.29, 0.717) is 11.3 Å². The molecule has 1 atom stereocenters. The van der Waals surface area contributed by atoms with E-state index in [9.17, 15) is 18.0 Å². The Hall–Kier alpha value is -1.97. The molecular weight excluding hydrogens is 297 g/mol. The molecule has 2 heterocycles. The van der Waals surface area contributed by atoms with Crippen LogP contribution in [0, 0.1) is 6.92 Å². The molecule has 0 fully saturated rings. The number of rotatable bonds is 3. The smallest absolute Gasteiger partial charge is 0.426 e. The third kappa shape index (κ3) is 2.95. The molecule has 20 heavy (non-hydrogen) atoms. The Labute approximate surface area is 115 Å². The van der Waals surface area contributed by atoms with Crippen LogP contribution in [-0.2, 0) is 6.18 Å². The van der Waals surface area contributed by atoms with Gasteiger partial charge in [0.15, 0.2) is 5.69 Å². The number of carbonyl (C=O) groups is 1. The highest BCUT2D eigenvalue weighted by molar-refractivity contribution is 7.13. The summed E-state index contributed by atoms with van der Waals surface area (Å²) in [6.45, 7) is 2.92. The van der Waals surface area contributed by atoms with Gasteiger partial charge in [-0.3, -0.25) is 4.79 Å². The summed E-state index contributed by atoms with van der Waals surface area (Å²) < 4.78 is 43.1. The molecule has 0 unspecified atom stereocenters. The molecule has 6 nitrogen and oxygen atoms in total. The Morgan fingerprint density at radius 2 is 2.20 bits per heavy atom. The van der Waals surface area contributed by atoms with E-state index < -0.39 is 28.7 Å². The highest BCUT2D eigenvalue weighted by Gasteiger charge is 2.39. The first-order valence-electron chi connectivity index (χ1n) is 5.40. The highest BCUT2D eigenvalue weighted by atomic mass is 32.1. The maximum atomic E-state index is 12.8. The first kappa shape index (κ1) is 14.4. The molecule has 2 rings (SSSR count). The van der Waals surface area contributed by atoms with Crippen molar-refractivity contribution in [1.29, 1.82) is 0 Å². The first-order chi connectivity index (χ1) is 9.29. The third-order valence-electron chi connectivity index (χ3n) is 2.30. The number of hydrogen-bond donors (Lipinski definition) is 1. The Kier molecular flexibility index (Phi) is 3.75. The fraction of sp³-hybridized carbons (Fsp3) is 0.400. The fourth-order valence-corrected chi connectivity index (χ4v) is 2.31. The van der Waals surface area contributed by atoms with Crippen LogP contribution in [0.5, 0.6) is 0 Å². The minimum atomic E-state index is -4.68. The summed E-state index contributed by atoms with van der Waals surface area (Å²) in [5.41, 5.74) is -1.18. The molecule has 2 aromatic heterocycles. The minimum Gasteiger partial charge on any atom is -0.426 e. The van der Waals surface area contributed by atoms with Crippen molar-refractivity contribution in [1.82, 2.24) is 20.5 Å². The number of nitrogens with zero attached hydrogens (tertiary/aromatic N) is 3. The van der Waals surface area contributed by atoms with Crippen molar-refractivity contribution in [2.24, 2.45) is 0 Å². The average Bonchev–Trinajstić information content (AvgIpc) is 2.95. The van der Waals surface area contributed by atoms with E-state index in [-0.39, 0.29) is 10.9 Å². The second kappa shape index (κ2) is 5.19. The monoisotopic (exact) mass is 306 g/mol. The van der Waals surface area contributed by atoms with Crippen LogP contribution in [0.4, 0.5) is 13.2 Å². The molecule has 0 aliphatic carbocycles. The second-order valence-electron chi connectivity index (χ2n) is 3.88. The van der Waals surface area contributed by atoms with Crippen molar-refractivity contribution in [2.45, 2.75) is 26.1 Å². The molecule has 0 spiro atoms. The standard InChI is InChI=1S/C10H9F3N4O2S/c1-4(9-17-14-3-19-9)15-8(18)6-7(10(11,12)13)16-5(2)20-6/h3-4H,1-2H3,(H,15,18)/t4-/m1/s1. The number of thiazole rings is 1. The molecule has 0 aliphatic rings. The van der Waals surface area contributed by atoms with E-state index in [1.54, 1.807) is 0 Å². The molecule has 108 valence electrons. The van der Waals surface area contributed by atoms with Crippen molar-refractivity contribution in [3.63, 3.8) is 0 Å². The number of carbonyl (C=O) groups excluding carboxylic acids is 1. The second-order valence-corrected chi connectivity index (χ2v) is 5.08. The van der Waals surface area contributed by atoms with Crippen LogP contribution < -0.4 is 5.32 Å². The number of aromatic nitrogens is 3. The van der Waals surface area contributed by atoms with Gasteiger partial charge in [0.2, 0.25) is 12.3 Å². The van der Waals surface area contributed by atoms with Gasteiger partial charge in [0.05, 0.1) is 5.01 Å². The molecule has 0 radical (unpaired) electrons. The molecule has 0 aliphatic heterocycles. The largest absolute Gasteiger partial charge is 0.435 e. The maximum absolute atomic E-state index is 12.8. The van der Waals surface area contributed by atoms with Crippen LogP contribution in [0.2, 0.25) is 0 Å². The molecule has 0 saturated heterocycles. The predicted octanol–water partition coefficient (Wildman–Crippen LogP) is 2.34. The Morgan fingerprint density at radius 1 is 1.50 bits per heavy atom. The number of aryl methyl sites for hydroxylation is 1. The summed E-state index contributed by atoms with van der Waals surface area (Å²) in [7, 11) is 0. The Bertz CT molecular complexity index is 609. The average molecular weight is 306 g/mol. The number of nitrogens with one attached hydrogen (secondary N) is 1. The van der Waals surface area contributed by atoms with Crippen molar-refractivity contribution in [3.05, 3.63) is 27.9 Å². The fourth-order valence-electron chi connectivity index (χ4n) is 1.47. The normalized spacial score (nSPS) is 13.2. The van der Waals surface area contributed by atoms with Crippen molar-refractivity contribution >= 4 is 17.2 Å². The first-order valence-corrected chi connectivity index (χ1v) is 6.22. The summed E-state index contributed by atoms with van der Waals surface area (Å²) >= 11 is 0.679. The summed E-state index contributed by atoms with van der Waals surface area (Å²) in [6, 6.07) is -0.700. The summed E-state index contributed by atoms with van der Waals surface area (Å²) in [5.74, 6) is -0.776. The van der Waals surface area contributed by atoms with Gasteiger partial charge in [-0.05, 0) is 13.8 Å². The van der Waals surface area contributed by atoms with Crippen LogP contribution in [0.15, 0.2) is 10.8 Å². The van der Waals surface area contributed by atoms with E-state index in [2.05, 4.69) is 20.5 Å². The zero-order valence-electron chi connectivity index (χ0n) is 10.4. The number of alkyl halides is 3. The topological polar surface area (TPSA) is 80.9 Å². The van der Waals surface area contributed by atoms with Crippen LogP contribution in [0.25, 0.3) is 0 Å². The van der Waals surface area contributed by atoms with Gasteiger partial charge in [0.1, 0.15) is 10.9 Å². The maximum Gasteiger partial charge on any atom is 0.435 e. The molecule has 0 bridgehead atoms.